The zero-order valence-electron chi connectivity index (χ0n) is 17.0. The summed E-state index contributed by atoms with van der Waals surface area (Å²) < 4.78 is 18.6. The predicted octanol–water partition coefficient (Wildman–Crippen LogP) is 2.83. The van der Waals surface area contributed by atoms with E-state index in [2.05, 4.69) is 17.9 Å². The Morgan fingerprint density at radius 3 is 2.48 bits per heavy atom. The number of halogens is 1. The number of benzene rings is 2. The Hall–Kier alpha value is -3.19. The SMILES string of the molecule is N#C[C@@H]1[C@@H](c2ccc(C#Cc3cccc(F)c3)cc2)[C@H](CO)N1C(=O)C1CCOCC1. The number of aliphatic hydroxyl groups is 1. The minimum atomic E-state index is -0.600. The van der Waals surface area contributed by atoms with E-state index in [4.69, 9.17) is 4.74 Å². The average molecular weight is 418 g/mol. The number of nitrogens with zero attached hydrogens (tertiary/aromatic N) is 2. The molecule has 1 N–H and O–H groups in total. The molecule has 5 nitrogen and oxygen atoms in total. The second-order valence-electron chi connectivity index (χ2n) is 7.86. The number of amides is 1. The van der Waals surface area contributed by atoms with Gasteiger partial charge in [0, 0.05) is 36.2 Å². The van der Waals surface area contributed by atoms with E-state index in [0.29, 0.717) is 31.6 Å². The lowest BCUT2D eigenvalue weighted by atomic mass is 9.74. The summed E-state index contributed by atoms with van der Waals surface area (Å²) in [4.78, 5) is 14.5. The highest BCUT2D eigenvalue weighted by atomic mass is 19.1. The van der Waals surface area contributed by atoms with Crippen LogP contribution >= 0.6 is 0 Å². The number of carbonyl (C=O) groups is 1. The molecule has 31 heavy (non-hydrogen) atoms. The molecule has 2 aromatic carbocycles. The minimum absolute atomic E-state index is 0.0669. The van der Waals surface area contributed by atoms with Crippen molar-refractivity contribution in [3.63, 3.8) is 0 Å². The third kappa shape index (κ3) is 4.32. The average Bonchev–Trinajstić information content (AvgIpc) is 2.79. The molecule has 0 bridgehead atoms. The summed E-state index contributed by atoms with van der Waals surface area (Å²) in [6, 6.07) is 14.8. The Morgan fingerprint density at radius 2 is 1.84 bits per heavy atom. The first-order valence-corrected chi connectivity index (χ1v) is 10.4. The highest BCUT2D eigenvalue weighted by molar-refractivity contribution is 5.81. The number of aliphatic hydroxyl groups excluding tert-OH is 1. The van der Waals surface area contributed by atoms with E-state index in [0.717, 1.165) is 11.1 Å². The van der Waals surface area contributed by atoms with Gasteiger partial charge in [-0.15, -0.1) is 0 Å². The molecule has 0 spiro atoms. The van der Waals surface area contributed by atoms with E-state index in [-0.39, 0.29) is 30.2 Å². The highest BCUT2D eigenvalue weighted by Crippen LogP contribution is 2.42. The molecular formula is C25H23FN2O3. The van der Waals surface area contributed by atoms with E-state index >= 15 is 0 Å². The maximum absolute atomic E-state index is 13.3. The number of carbonyl (C=O) groups excluding carboxylic acids is 1. The molecule has 2 aliphatic heterocycles. The van der Waals surface area contributed by atoms with Crippen LogP contribution in [0.1, 0.15) is 35.4 Å². The van der Waals surface area contributed by atoms with Crippen molar-refractivity contribution in [1.29, 1.82) is 5.26 Å². The van der Waals surface area contributed by atoms with Crippen LogP contribution < -0.4 is 0 Å². The molecule has 0 unspecified atom stereocenters. The van der Waals surface area contributed by atoms with Gasteiger partial charge in [-0.3, -0.25) is 4.79 Å². The van der Waals surface area contributed by atoms with E-state index in [1.165, 1.54) is 12.1 Å². The van der Waals surface area contributed by atoms with Crippen molar-refractivity contribution >= 4 is 5.91 Å². The molecule has 1 amide bonds. The maximum Gasteiger partial charge on any atom is 0.227 e. The van der Waals surface area contributed by atoms with Gasteiger partial charge in [0.15, 0.2) is 0 Å². The Balaban J connectivity index is 1.50. The molecule has 2 heterocycles. The van der Waals surface area contributed by atoms with E-state index in [9.17, 15) is 19.6 Å². The van der Waals surface area contributed by atoms with Gasteiger partial charge in [0.25, 0.3) is 0 Å². The molecule has 4 rings (SSSR count). The lowest BCUT2D eigenvalue weighted by Gasteiger charge is -2.52. The normalized spacial score (nSPS) is 23.3. The van der Waals surface area contributed by atoms with Gasteiger partial charge in [0.05, 0.1) is 18.7 Å². The van der Waals surface area contributed by atoms with E-state index < -0.39 is 12.1 Å². The van der Waals surface area contributed by atoms with Gasteiger partial charge in [-0.1, -0.05) is 30.0 Å². The molecule has 3 atom stereocenters. The number of hydrogen-bond donors (Lipinski definition) is 1. The van der Waals surface area contributed by atoms with Crippen LogP contribution in [0, 0.1) is 34.9 Å². The van der Waals surface area contributed by atoms with Crippen molar-refractivity contribution in [1.82, 2.24) is 4.90 Å². The lowest BCUT2D eigenvalue weighted by Crippen LogP contribution is -2.66. The Kier molecular flexibility index (Phi) is 6.32. The third-order valence-electron chi connectivity index (χ3n) is 6.03. The van der Waals surface area contributed by atoms with Crippen LogP contribution in [-0.4, -0.2) is 47.8 Å². The van der Waals surface area contributed by atoms with Crippen LogP contribution in [0.2, 0.25) is 0 Å². The van der Waals surface area contributed by atoms with Crippen LogP contribution in [0.3, 0.4) is 0 Å². The number of likely N-dealkylation sites (tertiary alicyclic amines) is 1. The van der Waals surface area contributed by atoms with Gasteiger partial charge < -0.3 is 14.7 Å². The molecule has 2 saturated heterocycles. The van der Waals surface area contributed by atoms with Gasteiger partial charge >= 0.3 is 0 Å². The quantitative estimate of drug-likeness (QED) is 0.778. The second-order valence-corrected chi connectivity index (χ2v) is 7.86. The van der Waals surface area contributed by atoms with Crippen molar-refractivity contribution in [2.75, 3.05) is 19.8 Å². The van der Waals surface area contributed by atoms with Crippen LogP contribution in [0.4, 0.5) is 4.39 Å². The van der Waals surface area contributed by atoms with E-state index in [1.807, 2.05) is 24.3 Å². The fourth-order valence-corrected chi connectivity index (χ4v) is 4.36. The zero-order chi connectivity index (χ0) is 21.8. The fraction of sp³-hybridized carbons (Fsp3) is 0.360. The van der Waals surface area contributed by atoms with Gasteiger partial charge in [0.1, 0.15) is 11.9 Å². The molecular weight excluding hydrogens is 395 g/mol. The molecule has 158 valence electrons. The van der Waals surface area contributed by atoms with Crippen LogP contribution in [-0.2, 0) is 9.53 Å². The fourth-order valence-electron chi connectivity index (χ4n) is 4.36. The van der Waals surface area contributed by atoms with Crippen molar-refractivity contribution in [3.8, 4) is 17.9 Å². The largest absolute Gasteiger partial charge is 0.394 e. The van der Waals surface area contributed by atoms with Crippen LogP contribution in [0.15, 0.2) is 48.5 Å². The minimum Gasteiger partial charge on any atom is -0.394 e. The van der Waals surface area contributed by atoms with Crippen LogP contribution in [0.25, 0.3) is 0 Å². The van der Waals surface area contributed by atoms with E-state index in [1.54, 1.807) is 17.0 Å². The summed E-state index contributed by atoms with van der Waals surface area (Å²) in [7, 11) is 0. The Bertz CT molecular complexity index is 1040. The predicted molar refractivity (Wildman–Crippen MR) is 112 cm³/mol. The van der Waals surface area contributed by atoms with Gasteiger partial charge in [-0.05, 0) is 48.7 Å². The summed E-state index contributed by atoms with van der Waals surface area (Å²) in [5.74, 6) is 5.14. The molecule has 0 aromatic heterocycles. The molecule has 0 aliphatic carbocycles. The molecule has 6 heteroatoms. The summed E-state index contributed by atoms with van der Waals surface area (Å²) >= 11 is 0. The summed E-state index contributed by atoms with van der Waals surface area (Å²) in [5, 5.41) is 19.7. The standard InChI is InChI=1S/C25H23FN2O3/c26-21-3-1-2-18(14-21)5-4-17-6-8-19(9-7-17)24-22(15-27)28(23(24)16-29)25(30)20-10-12-31-13-11-20/h1-3,6-9,14,20,22-24,29H,10-13,16H2/t22-,23+,24-/m1/s1. The van der Waals surface area contributed by atoms with Crippen molar-refractivity contribution in [2.24, 2.45) is 5.92 Å². The third-order valence-corrected chi connectivity index (χ3v) is 6.03. The summed E-state index contributed by atoms with van der Waals surface area (Å²) in [5.41, 5.74) is 2.24. The smallest absolute Gasteiger partial charge is 0.227 e. The molecule has 2 fully saturated rings. The second kappa shape index (κ2) is 9.31. The first-order chi connectivity index (χ1) is 15.1. The molecule has 0 saturated carbocycles. The first kappa shape index (κ1) is 21.1. The molecule has 2 aliphatic rings. The number of hydrogen-bond acceptors (Lipinski definition) is 4. The number of nitriles is 1. The van der Waals surface area contributed by atoms with Gasteiger partial charge in [0.2, 0.25) is 5.91 Å². The Labute approximate surface area is 181 Å². The topological polar surface area (TPSA) is 73.6 Å². The summed E-state index contributed by atoms with van der Waals surface area (Å²) in [6.45, 7) is 0.901. The monoisotopic (exact) mass is 418 g/mol. The maximum atomic E-state index is 13.3. The summed E-state index contributed by atoms with van der Waals surface area (Å²) in [6.07, 6.45) is 1.30. The Morgan fingerprint density at radius 1 is 1.13 bits per heavy atom. The van der Waals surface area contributed by atoms with Crippen molar-refractivity contribution in [2.45, 2.75) is 30.8 Å². The molecule has 2 aromatic rings. The van der Waals surface area contributed by atoms with Crippen molar-refractivity contribution < 1.29 is 19.0 Å². The number of ether oxygens (including phenoxy) is 1. The van der Waals surface area contributed by atoms with Gasteiger partial charge in [-0.25, -0.2) is 4.39 Å². The van der Waals surface area contributed by atoms with Gasteiger partial charge in [-0.2, -0.15) is 5.26 Å². The van der Waals surface area contributed by atoms with Crippen molar-refractivity contribution in [3.05, 3.63) is 71.0 Å². The highest BCUT2D eigenvalue weighted by Gasteiger charge is 2.52. The molecule has 0 radical (unpaired) electrons. The lowest BCUT2D eigenvalue weighted by molar-refractivity contribution is -0.154. The zero-order valence-corrected chi connectivity index (χ0v) is 17.0. The first-order valence-electron chi connectivity index (χ1n) is 10.4. The number of rotatable bonds is 3. The van der Waals surface area contributed by atoms with Crippen LogP contribution in [0.5, 0.6) is 0 Å².